The Balaban J connectivity index is 2.36. The minimum atomic E-state index is -4.73. The number of carbonyl (C=O) groups excluding carboxylic acids is 1. The molecule has 0 aliphatic rings. The van der Waals surface area contributed by atoms with Gasteiger partial charge in [-0.15, -0.1) is 0 Å². The van der Waals surface area contributed by atoms with Gasteiger partial charge in [-0.3, -0.25) is 4.79 Å². The number of hydrogen-bond donors (Lipinski definition) is 2. The molecular formula is C15H17ClF3N4O+. The number of hydrogen-bond acceptors (Lipinski definition) is 2. The van der Waals surface area contributed by atoms with Crippen LogP contribution in [-0.4, -0.2) is 42.9 Å². The Bertz CT molecular complexity index is 710. The molecule has 24 heavy (non-hydrogen) atoms. The van der Waals surface area contributed by atoms with Crippen LogP contribution < -0.4 is 10.2 Å². The molecule has 0 saturated heterocycles. The van der Waals surface area contributed by atoms with E-state index in [9.17, 15) is 18.0 Å². The van der Waals surface area contributed by atoms with Gasteiger partial charge < -0.3 is 10.2 Å². The molecule has 130 valence electrons. The zero-order chi connectivity index (χ0) is 17.9. The zero-order valence-electron chi connectivity index (χ0n) is 13.1. The highest BCUT2D eigenvalue weighted by atomic mass is 35.5. The van der Waals surface area contributed by atoms with Crippen molar-refractivity contribution in [3.05, 3.63) is 46.7 Å². The number of benzene rings is 1. The molecule has 0 unspecified atom stereocenters. The standard InChI is InChI=1S/C15H16ClF3N4O/c1-22(2)8-7-20-14(24)12-9-21-23(13(12)15(17,18)19)11-5-3-10(16)4-6-11/h3-6,9H,7-8H2,1-2H3,(H,20,24)/p+1. The smallest absolute Gasteiger partial charge is 0.346 e. The van der Waals surface area contributed by atoms with Crippen molar-refractivity contribution in [1.29, 1.82) is 0 Å². The van der Waals surface area contributed by atoms with E-state index in [4.69, 9.17) is 11.6 Å². The summed E-state index contributed by atoms with van der Waals surface area (Å²) in [6.45, 7) is 0.864. The second-order valence-corrected chi connectivity index (χ2v) is 5.94. The van der Waals surface area contributed by atoms with Gasteiger partial charge in [0.15, 0.2) is 5.69 Å². The molecule has 0 aliphatic heterocycles. The fourth-order valence-electron chi connectivity index (χ4n) is 2.09. The number of nitrogens with zero attached hydrogens (tertiary/aromatic N) is 2. The second kappa shape index (κ2) is 7.23. The maximum atomic E-state index is 13.4. The van der Waals surface area contributed by atoms with Crippen LogP contribution in [0.4, 0.5) is 13.2 Å². The Labute approximate surface area is 142 Å². The predicted octanol–water partition coefficient (Wildman–Crippen LogP) is 1.42. The molecule has 9 heteroatoms. The molecule has 2 N–H and O–H groups in total. The highest BCUT2D eigenvalue weighted by molar-refractivity contribution is 6.30. The van der Waals surface area contributed by atoms with Crippen molar-refractivity contribution in [2.24, 2.45) is 0 Å². The van der Waals surface area contributed by atoms with Crippen LogP contribution >= 0.6 is 11.6 Å². The highest BCUT2D eigenvalue weighted by Crippen LogP contribution is 2.33. The van der Waals surface area contributed by atoms with Crippen LogP contribution in [0.25, 0.3) is 5.69 Å². The number of rotatable bonds is 5. The topological polar surface area (TPSA) is 51.4 Å². The van der Waals surface area contributed by atoms with E-state index in [-0.39, 0.29) is 12.2 Å². The molecule has 5 nitrogen and oxygen atoms in total. The van der Waals surface area contributed by atoms with Crippen molar-refractivity contribution in [2.75, 3.05) is 27.2 Å². The Morgan fingerprint density at radius 1 is 1.29 bits per heavy atom. The number of nitrogens with one attached hydrogen (secondary N) is 2. The fraction of sp³-hybridized carbons (Fsp3) is 0.333. The number of likely N-dealkylation sites (N-methyl/N-ethyl adjacent to an activating group) is 1. The van der Waals surface area contributed by atoms with E-state index in [2.05, 4.69) is 10.4 Å². The summed E-state index contributed by atoms with van der Waals surface area (Å²) in [6, 6.07) is 5.72. The monoisotopic (exact) mass is 361 g/mol. The molecule has 0 atom stereocenters. The lowest BCUT2D eigenvalue weighted by molar-refractivity contribution is -0.856. The first-order valence-electron chi connectivity index (χ1n) is 7.18. The second-order valence-electron chi connectivity index (χ2n) is 5.51. The lowest BCUT2D eigenvalue weighted by atomic mass is 10.2. The number of amides is 1. The third kappa shape index (κ3) is 4.27. The Kier molecular flexibility index (Phi) is 5.51. The molecule has 0 saturated carbocycles. The fourth-order valence-corrected chi connectivity index (χ4v) is 2.21. The number of carbonyl (C=O) groups is 1. The van der Waals surface area contributed by atoms with Crippen LogP contribution in [0.3, 0.4) is 0 Å². The quantitative estimate of drug-likeness (QED) is 0.846. The first kappa shape index (κ1) is 18.3. The number of aromatic nitrogens is 2. The maximum absolute atomic E-state index is 13.4. The van der Waals surface area contributed by atoms with E-state index >= 15 is 0 Å². The van der Waals surface area contributed by atoms with Crippen LogP contribution in [0.5, 0.6) is 0 Å². The summed E-state index contributed by atoms with van der Waals surface area (Å²) in [5, 5.41) is 6.61. The van der Waals surface area contributed by atoms with Crippen molar-refractivity contribution in [3.8, 4) is 5.69 Å². The molecule has 1 aromatic carbocycles. The van der Waals surface area contributed by atoms with Gasteiger partial charge in [-0.2, -0.15) is 18.3 Å². The van der Waals surface area contributed by atoms with Gasteiger partial charge in [0.05, 0.1) is 44.6 Å². The molecule has 1 heterocycles. The minimum absolute atomic E-state index is 0.170. The van der Waals surface area contributed by atoms with Crippen molar-refractivity contribution < 1.29 is 22.9 Å². The van der Waals surface area contributed by atoms with Gasteiger partial charge in [-0.05, 0) is 24.3 Å². The number of quaternary nitrogens is 1. The molecule has 1 amide bonds. The van der Waals surface area contributed by atoms with Gasteiger partial charge >= 0.3 is 6.18 Å². The van der Waals surface area contributed by atoms with Crippen molar-refractivity contribution >= 4 is 17.5 Å². The van der Waals surface area contributed by atoms with E-state index in [1.54, 1.807) is 0 Å². The van der Waals surface area contributed by atoms with Crippen LogP contribution in [0.15, 0.2) is 30.5 Å². The Morgan fingerprint density at radius 2 is 1.92 bits per heavy atom. The third-order valence-electron chi connectivity index (χ3n) is 3.26. The molecule has 0 bridgehead atoms. The van der Waals surface area contributed by atoms with Crippen molar-refractivity contribution in [1.82, 2.24) is 15.1 Å². The zero-order valence-corrected chi connectivity index (χ0v) is 13.9. The molecule has 0 fully saturated rings. The Morgan fingerprint density at radius 3 is 2.46 bits per heavy atom. The molecule has 0 aliphatic carbocycles. The molecule has 1 aromatic heterocycles. The lowest BCUT2D eigenvalue weighted by Gasteiger charge is -2.13. The summed E-state index contributed by atoms with van der Waals surface area (Å²) in [7, 11) is 3.76. The lowest BCUT2D eigenvalue weighted by Crippen LogP contribution is -3.06. The van der Waals surface area contributed by atoms with E-state index in [1.165, 1.54) is 24.3 Å². The van der Waals surface area contributed by atoms with Gasteiger partial charge in [0.1, 0.15) is 0 Å². The summed E-state index contributed by atoms with van der Waals surface area (Å²) in [6.07, 6.45) is -3.80. The largest absolute Gasteiger partial charge is 0.434 e. The molecule has 2 rings (SSSR count). The predicted molar refractivity (Wildman–Crippen MR) is 83.6 cm³/mol. The summed E-state index contributed by atoms with van der Waals surface area (Å²) in [4.78, 5) is 13.2. The first-order chi connectivity index (χ1) is 11.2. The molecule has 2 aromatic rings. The van der Waals surface area contributed by atoms with Gasteiger partial charge in [-0.25, -0.2) is 4.68 Å². The van der Waals surface area contributed by atoms with E-state index in [0.717, 1.165) is 11.1 Å². The Hall–Kier alpha value is -2.06. The molecule has 0 radical (unpaired) electrons. The molecule has 0 spiro atoms. The van der Waals surface area contributed by atoms with Crippen molar-refractivity contribution in [3.63, 3.8) is 0 Å². The average molecular weight is 362 g/mol. The third-order valence-corrected chi connectivity index (χ3v) is 3.52. The summed E-state index contributed by atoms with van der Waals surface area (Å²) >= 11 is 5.75. The molecular weight excluding hydrogens is 345 g/mol. The van der Waals surface area contributed by atoms with Gasteiger partial charge in [-0.1, -0.05) is 11.6 Å². The van der Waals surface area contributed by atoms with Gasteiger partial charge in [0.25, 0.3) is 5.91 Å². The number of alkyl halides is 3. The summed E-state index contributed by atoms with van der Waals surface area (Å²) in [5.41, 5.74) is -1.45. The van der Waals surface area contributed by atoms with Crippen LogP contribution in [-0.2, 0) is 6.18 Å². The summed E-state index contributed by atoms with van der Waals surface area (Å²) < 4.78 is 41.0. The normalized spacial score (nSPS) is 11.8. The van der Waals surface area contributed by atoms with Crippen LogP contribution in [0.1, 0.15) is 16.1 Å². The van der Waals surface area contributed by atoms with Crippen LogP contribution in [0, 0.1) is 0 Å². The summed E-state index contributed by atoms with van der Waals surface area (Å²) in [5.74, 6) is -0.802. The van der Waals surface area contributed by atoms with E-state index in [0.29, 0.717) is 16.2 Å². The first-order valence-corrected chi connectivity index (χ1v) is 7.56. The number of halogens is 4. The highest BCUT2D eigenvalue weighted by Gasteiger charge is 2.40. The SMILES string of the molecule is C[NH+](C)CCNC(=O)c1cnn(-c2ccc(Cl)cc2)c1C(F)(F)F. The minimum Gasteiger partial charge on any atom is -0.346 e. The van der Waals surface area contributed by atoms with Crippen LogP contribution in [0.2, 0.25) is 5.02 Å². The van der Waals surface area contributed by atoms with E-state index in [1.807, 2.05) is 14.1 Å². The van der Waals surface area contributed by atoms with Crippen molar-refractivity contribution in [2.45, 2.75) is 6.18 Å². The van der Waals surface area contributed by atoms with E-state index < -0.39 is 23.3 Å². The van der Waals surface area contributed by atoms with Gasteiger partial charge in [0.2, 0.25) is 0 Å². The maximum Gasteiger partial charge on any atom is 0.434 e. The van der Waals surface area contributed by atoms with Gasteiger partial charge in [0, 0.05) is 5.02 Å². The average Bonchev–Trinajstić information content (AvgIpc) is 2.92.